The number of hydrogen-bond donors (Lipinski definition) is 1. The number of aromatic nitrogens is 2. The first-order chi connectivity index (χ1) is 13.0. The van der Waals surface area contributed by atoms with Crippen molar-refractivity contribution in [1.29, 1.82) is 0 Å². The molecule has 0 spiro atoms. The monoisotopic (exact) mass is 387 g/mol. The van der Waals surface area contributed by atoms with E-state index in [1.165, 1.54) is 6.07 Å². The first-order valence-corrected chi connectivity index (χ1v) is 9.47. The highest BCUT2D eigenvalue weighted by atomic mass is 35.5. The smallest absolute Gasteiger partial charge is 0.221 e. The fraction of sp³-hybridized carbons (Fsp3) is 0.333. The van der Waals surface area contributed by atoms with Crippen molar-refractivity contribution in [2.75, 3.05) is 6.54 Å². The Kier molecular flexibility index (Phi) is 6.11. The average molecular weight is 388 g/mol. The zero-order chi connectivity index (χ0) is 19.4. The molecule has 1 amide bonds. The van der Waals surface area contributed by atoms with E-state index in [4.69, 9.17) is 11.6 Å². The topological polar surface area (TPSA) is 46.4 Å². The minimum Gasteiger partial charge on any atom is -0.356 e. The Morgan fingerprint density at radius 2 is 2.04 bits per heavy atom. The lowest BCUT2D eigenvalue weighted by Gasteiger charge is -2.18. The van der Waals surface area contributed by atoms with Gasteiger partial charge in [-0.2, -0.15) is 0 Å². The molecule has 0 saturated heterocycles. The van der Waals surface area contributed by atoms with Gasteiger partial charge in [-0.15, -0.1) is 0 Å². The van der Waals surface area contributed by atoms with Crippen molar-refractivity contribution < 1.29 is 9.18 Å². The van der Waals surface area contributed by atoms with Crippen LogP contribution in [0.1, 0.15) is 43.9 Å². The molecule has 0 fully saturated rings. The van der Waals surface area contributed by atoms with E-state index in [9.17, 15) is 9.18 Å². The van der Waals surface area contributed by atoms with Crippen LogP contribution in [-0.4, -0.2) is 21.8 Å². The molecule has 0 radical (unpaired) electrons. The van der Waals surface area contributed by atoms with Gasteiger partial charge in [0, 0.05) is 31.3 Å². The van der Waals surface area contributed by atoms with Crippen molar-refractivity contribution >= 4 is 23.2 Å². The van der Waals surface area contributed by atoms with Crippen LogP contribution in [0, 0.1) is 11.7 Å². The molecular formula is C21H23ClFN3O. The van der Waals surface area contributed by atoms with Crippen molar-refractivity contribution in [3.8, 4) is 0 Å². The number of rotatable bonds is 7. The predicted molar refractivity (Wildman–Crippen MR) is 106 cm³/mol. The summed E-state index contributed by atoms with van der Waals surface area (Å²) in [5.41, 5.74) is 1.91. The van der Waals surface area contributed by atoms with E-state index in [-0.39, 0.29) is 18.1 Å². The number of halogens is 2. The number of benzene rings is 1. The molecule has 3 aromatic rings. The third kappa shape index (κ3) is 4.66. The number of fused-ring (bicyclic) bond motifs is 1. The summed E-state index contributed by atoms with van der Waals surface area (Å²) in [5, 5.41) is 3.49. The zero-order valence-electron chi connectivity index (χ0n) is 15.5. The molecular weight excluding hydrogens is 365 g/mol. The lowest BCUT2D eigenvalue weighted by atomic mass is 9.91. The van der Waals surface area contributed by atoms with Crippen LogP contribution in [0.15, 0.2) is 48.8 Å². The van der Waals surface area contributed by atoms with Gasteiger partial charge in [-0.3, -0.25) is 4.79 Å². The van der Waals surface area contributed by atoms with E-state index >= 15 is 0 Å². The van der Waals surface area contributed by atoms with E-state index < -0.39 is 5.92 Å². The van der Waals surface area contributed by atoms with E-state index in [2.05, 4.69) is 24.1 Å². The normalized spacial score (nSPS) is 12.5. The Bertz CT molecular complexity index is 938. The fourth-order valence-corrected chi connectivity index (χ4v) is 3.28. The van der Waals surface area contributed by atoms with Crippen LogP contribution < -0.4 is 5.32 Å². The van der Waals surface area contributed by atoms with Gasteiger partial charge in [0.1, 0.15) is 11.5 Å². The van der Waals surface area contributed by atoms with E-state index in [0.717, 1.165) is 12.1 Å². The highest BCUT2D eigenvalue weighted by molar-refractivity contribution is 6.30. The molecule has 0 bridgehead atoms. The van der Waals surface area contributed by atoms with Gasteiger partial charge in [0.15, 0.2) is 0 Å². The Morgan fingerprint density at radius 1 is 1.26 bits per heavy atom. The maximum Gasteiger partial charge on any atom is 0.221 e. The minimum atomic E-state index is -0.460. The Morgan fingerprint density at radius 3 is 2.78 bits per heavy atom. The summed E-state index contributed by atoms with van der Waals surface area (Å²) in [7, 11) is 0. The SMILES string of the molecule is CC(C)CCNC(=O)CC(c1ccccc1F)c1cnc2ccc(Cl)cn12. The molecule has 2 aromatic heterocycles. The summed E-state index contributed by atoms with van der Waals surface area (Å²) >= 11 is 6.13. The number of carbonyl (C=O) groups is 1. The van der Waals surface area contributed by atoms with Gasteiger partial charge in [0.05, 0.1) is 10.7 Å². The Hall–Kier alpha value is -2.40. The largest absolute Gasteiger partial charge is 0.356 e. The van der Waals surface area contributed by atoms with Crippen molar-refractivity contribution in [2.45, 2.75) is 32.6 Å². The van der Waals surface area contributed by atoms with Crippen LogP contribution in [0.5, 0.6) is 0 Å². The molecule has 0 aliphatic heterocycles. The second kappa shape index (κ2) is 8.53. The number of amides is 1. The number of nitrogens with zero attached hydrogens (tertiary/aromatic N) is 2. The summed E-state index contributed by atoms with van der Waals surface area (Å²) in [6.07, 6.45) is 4.47. The minimum absolute atomic E-state index is 0.110. The standard InChI is InChI=1S/C21H23ClFN3O/c1-14(2)9-10-24-21(27)11-17(16-5-3-4-6-18(16)23)19-12-25-20-8-7-15(22)13-26(19)20/h3-8,12-14,17H,9-11H2,1-2H3,(H,24,27). The van der Waals surface area contributed by atoms with Gasteiger partial charge < -0.3 is 9.72 Å². The van der Waals surface area contributed by atoms with Crippen molar-refractivity contribution in [2.24, 2.45) is 5.92 Å². The molecule has 142 valence electrons. The molecule has 1 N–H and O–H groups in total. The number of imidazole rings is 1. The fourth-order valence-electron chi connectivity index (χ4n) is 3.12. The van der Waals surface area contributed by atoms with Crippen LogP contribution in [0.4, 0.5) is 4.39 Å². The van der Waals surface area contributed by atoms with Crippen molar-refractivity contribution in [3.05, 3.63) is 70.9 Å². The average Bonchev–Trinajstić information content (AvgIpc) is 3.03. The number of hydrogen-bond acceptors (Lipinski definition) is 2. The van der Waals surface area contributed by atoms with Crippen LogP contribution in [0.25, 0.3) is 5.65 Å². The molecule has 0 saturated carbocycles. The number of nitrogens with one attached hydrogen (secondary N) is 1. The molecule has 27 heavy (non-hydrogen) atoms. The molecule has 6 heteroatoms. The second-order valence-corrected chi connectivity index (χ2v) is 7.51. The third-order valence-corrected chi connectivity index (χ3v) is 4.79. The summed E-state index contributed by atoms with van der Waals surface area (Å²) in [6.45, 7) is 4.83. The highest BCUT2D eigenvalue weighted by Gasteiger charge is 2.24. The summed E-state index contributed by atoms with van der Waals surface area (Å²) < 4.78 is 16.4. The van der Waals surface area contributed by atoms with E-state index in [1.807, 2.05) is 4.40 Å². The quantitative estimate of drug-likeness (QED) is 0.632. The van der Waals surface area contributed by atoms with Crippen LogP contribution in [0.2, 0.25) is 5.02 Å². The van der Waals surface area contributed by atoms with Gasteiger partial charge in [-0.1, -0.05) is 43.6 Å². The molecule has 3 rings (SSSR count). The van der Waals surface area contributed by atoms with Gasteiger partial charge in [0.25, 0.3) is 0 Å². The second-order valence-electron chi connectivity index (χ2n) is 7.07. The lowest BCUT2D eigenvalue weighted by Crippen LogP contribution is -2.27. The van der Waals surface area contributed by atoms with Crippen LogP contribution >= 0.6 is 11.6 Å². The molecule has 1 atom stereocenters. The highest BCUT2D eigenvalue weighted by Crippen LogP contribution is 2.31. The van der Waals surface area contributed by atoms with Gasteiger partial charge >= 0.3 is 0 Å². The molecule has 2 heterocycles. The Balaban J connectivity index is 1.94. The predicted octanol–water partition coefficient (Wildman–Crippen LogP) is 4.81. The zero-order valence-corrected chi connectivity index (χ0v) is 16.2. The summed E-state index contributed by atoms with van der Waals surface area (Å²) in [6, 6.07) is 10.1. The van der Waals surface area contributed by atoms with E-state index in [1.54, 1.807) is 42.7 Å². The number of pyridine rings is 1. The van der Waals surface area contributed by atoms with E-state index in [0.29, 0.717) is 28.7 Å². The Labute approximate surface area is 163 Å². The first kappa shape index (κ1) is 19.4. The van der Waals surface area contributed by atoms with Crippen molar-refractivity contribution in [3.63, 3.8) is 0 Å². The first-order valence-electron chi connectivity index (χ1n) is 9.09. The van der Waals surface area contributed by atoms with Crippen LogP contribution in [-0.2, 0) is 4.79 Å². The molecule has 1 unspecified atom stereocenters. The molecule has 1 aromatic carbocycles. The van der Waals surface area contributed by atoms with Crippen molar-refractivity contribution in [1.82, 2.24) is 14.7 Å². The summed E-state index contributed by atoms with van der Waals surface area (Å²) in [4.78, 5) is 16.9. The third-order valence-electron chi connectivity index (χ3n) is 4.57. The van der Waals surface area contributed by atoms with Gasteiger partial charge in [0.2, 0.25) is 5.91 Å². The summed E-state index contributed by atoms with van der Waals surface area (Å²) in [5.74, 6) is -0.400. The maximum absolute atomic E-state index is 14.5. The van der Waals surface area contributed by atoms with Gasteiger partial charge in [-0.05, 0) is 36.1 Å². The maximum atomic E-state index is 14.5. The lowest BCUT2D eigenvalue weighted by molar-refractivity contribution is -0.121. The molecule has 0 aliphatic rings. The van der Waals surface area contributed by atoms with Gasteiger partial charge in [-0.25, -0.2) is 9.37 Å². The number of carbonyl (C=O) groups excluding carboxylic acids is 1. The molecule has 0 aliphatic carbocycles. The molecule has 4 nitrogen and oxygen atoms in total. The van der Waals surface area contributed by atoms with Crippen LogP contribution in [0.3, 0.4) is 0 Å².